The molecule has 1 amide bonds. The predicted molar refractivity (Wildman–Crippen MR) is 161 cm³/mol. The third-order valence-electron chi connectivity index (χ3n) is 6.81. The summed E-state index contributed by atoms with van der Waals surface area (Å²) in [6, 6.07) is 15.9. The molecule has 1 heterocycles. The molecule has 210 valence electrons. The molecule has 1 saturated carbocycles. The maximum Gasteiger partial charge on any atom is 0.282 e. The number of hydrogen-bond donors (Lipinski definition) is 1. The van der Waals surface area contributed by atoms with Crippen LogP contribution in [0.5, 0.6) is 5.75 Å². The molecule has 4 aromatic rings. The summed E-state index contributed by atoms with van der Waals surface area (Å²) in [6.45, 7) is -0.361. The highest BCUT2D eigenvalue weighted by Crippen LogP contribution is 2.32. The summed E-state index contributed by atoms with van der Waals surface area (Å²) in [6.07, 6.45) is 6.30. The Balaban J connectivity index is 1.48. The van der Waals surface area contributed by atoms with Gasteiger partial charge in [0.25, 0.3) is 17.2 Å². The van der Waals surface area contributed by atoms with Crippen molar-refractivity contribution in [2.24, 2.45) is 5.10 Å². The van der Waals surface area contributed by atoms with Crippen LogP contribution in [0.25, 0.3) is 10.9 Å². The Kier molecular flexibility index (Phi) is 8.75. The number of nitro benzene ring substituents is 1. The standard InChI is InChI=1S/C29H25BrClN5O5/c30-20-6-12-25-24(15-20)29(38)35(28(34-25)18-4-2-1-3-5-18)32-16-19-14-23(36(39)40)11-13-26(19)41-17-27(37)33-22-9-7-21(31)8-10-22/h6-16,18H,1-5,17H2,(H,33,37). The first-order valence-corrected chi connectivity index (χ1v) is 14.2. The Morgan fingerprint density at radius 3 is 2.63 bits per heavy atom. The SMILES string of the molecule is O=C(COc1ccc([N+](=O)[O-])cc1C=Nn1c(C2CCCCC2)nc2ccc(Br)cc2c1=O)Nc1ccc(Cl)cc1. The number of anilines is 1. The van der Waals surface area contributed by atoms with E-state index in [-0.39, 0.29) is 35.1 Å². The lowest BCUT2D eigenvalue weighted by atomic mass is 9.88. The minimum atomic E-state index is -0.539. The number of aromatic nitrogens is 2. The van der Waals surface area contributed by atoms with Crippen LogP contribution in [0.4, 0.5) is 11.4 Å². The van der Waals surface area contributed by atoms with Crippen LogP contribution in [-0.4, -0.2) is 33.3 Å². The number of amides is 1. The molecular formula is C29H25BrClN5O5. The van der Waals surface area contributed by atoms with E-state index in [4.69, 9.17) is 21.3 Å². The van der Waals surface area contributed by atoms with Gasteiger partial charge in [-0.25, -0.2) is 4.98 Å². The molecule has 3 aromatic carbocycles. The maximum absolute atomic E-state index is 13.6. The van der Waals surface area contributed by atoms with Crippen molar-refractivity contribution in [3.63, 3.8) is 0 Å². The van der Waals surface area contributed by atoms with Gasteiger partial charge in [-0.2, -0.15) is 9.78 Å². The van der Waals surface area contributed by atoms with Crippen LogP contribution in [-0.2, 0) is 4.79 Å². The lowest BCUT2D eigenvalue weighted by Gasteiger charge is -2.22. The molecule has 1 aliphatic carbocycles. The average molecular weight is 639 g/mol. The topological polar surface area (TPSA) is 129 Å². The molecule has 12 heteroatoms. The van der Waals surface area contributed by atoms with Crippen LogP contribution in [0.3, 0.4) is 0 Å². The van der Waals surface area contributed by atoms with E-state index in [9.17, 15) is 19.7 Å². The second-order valence-corrected chi connectivity index (χ2v) is 11.0. The van der Waals surface area contributed by atoms with Crippen molar-refractivity contribution in [1.29, 1.82) is 0 Å². The highest BCUT2D eigenvalue weighted by Gasteiger charge is 2.23. The Labute approximate surface area is 248 Å². The minimum Gasteiger partial charge on any atom is -0.483 e. The van der Waals surface area contributed by atoms with Crippen molar-refractivity contribution < 1.29 is 14.5 Å². The fourth-order valence-corrected chi connectivity index (χ4v) is 5.26. The lowest BCUT2D eigenvalue weighted by molar-refractivity contribution is -0.384. The van der Waals surface area contributed by atoms with Crippen LogP contribution in [0, 0.1) is 10.1 Å². The van der Waals surface area contributed by atoms with E-state index in [2.05, 4.69) is 26.3 Å². The quantitative estimate of drug-likeness (QED) is 0.130. The van der Waals surface area contributed by atoms with E-state index in [0.29, 0.717) is 27.4 Å². The number of nitrogens with one attached hydrogen (secondary N) is 1. The molecular weight excluding hydrogens is 614 g/mol. The fraction of sp³-hybridized carbons (Fsp3) is 0.241. The second-order valence-electron chi connectivity index (χ2n) is 9.65. The van der Waals surface area contributed by atoms with Gasteiger partial charge in [-0.15, -0.1) is 0 Å². The van der Waals surface area contributed by atoms with E-state index < -0.39 is 10.8 Å². The number of ether oxygens (including phenoxy) is 1. The van der Waals surface area contributed by atoms with Gasteiger partial charge in [0.2, 0.25) is 0 Å². The van der Waals surface area contributed by atoms with Crippen molar-refractivity contribution in [3.8, 4) is 5.75 Å². The summed E-state index contributed by atoms with van der Waals surface area (Å²) < 4.78 is 7.73. The number of rotatable bonds is 8. The maximum atomic E-state index is 13.6. The summed E-state index contributed by atoms with van der Waals surface area (Å²) in [7, 11) is 0. The Morgan fingerprint density at radius 1 is 1.15 bits per heavy atom. The van der Waals surface area contributed by atoms with E-state index >= 15 is 0 Å². The van der Waals surface area contributed by atoms with Gasteiger partial charge >= 0.3 is 0 Å². The summed E-state index contributed by atoms with van der Waals surface area (Å²) in [5.41, 5.74) is 0.817. The monoisotopic (exact) mass is 637 g/mol. The molecule has 1 aliphatic rings. The fourth-order valence-electron chi connectivity index (χ4n) is 4.78. The van der Waals surface area contributed by atoms with Crippen molar-refractivity contribution in [3.05, 3.63) is 102 Å². The zero-order chi connectivity index (χ0) is 28.9. The van der Waals surface area contributed by atoms with Gasteiger partial charge in [-0.05, 0) is 61.4 Å². The Bertz CT molecular complexity index is 1700. The summed E-state index contributed by atoms with van der Waals surface area (Å²) in [4.78, 5) is 41.9. The van der Waals surface area contributed by atoms with E-state index in [1.54, 1.807) is 36.4 Å². The van der Waals surface area contributed by atoms with Gasteiger partial charge in [-0.1, -0.05) is 46.8 Å². The van der Waals surface area contributed by atoms with Crippen LogP contribution in [0.15, 0.2) is 75.0 Å². The molecule has 1 N–H and O–H groups in total. The number of fused-ring (bicyclic) bond motifs is 1. The van der Waals surface area contributed by atoms with Crippen molar-refractivity contribution in [1.82, 2.24) is 9.66 Å². The molecule has 41 heavy (non-hydrogen) atoms. The van der Waals surface area contributed by atoms with Gasteiger partial charge in [0.1, 0.15) is 11.6 Å². The van der Waals surface area contributed by atoms with Crippen molar-refractivity contribution in [2.75, 3.05) is 11.9 Å². The summed E-state index contributed by atoms with van der Waals surface area (Å²) in [5, 5.41) is 19.6. The number of non-ortho nitro benzene ring substituents is 1. The van der Waals surface area contributed by atoms with E-state index in [1.165, 1.54) is 29.1 Å². The number of hydrogen-bond acceptors (Lipinski definition) is 7. The van der Waals surface area contributed by atoms with E-state index in [1.807, 2.05) is 6.07 Å². The first kappa shape index (κ1) is 28.4. The smallest absolute Gasteiger partial charge is 0.282 e. The average Bonchev–Trinajstić information content (AvgIpc) is 2.97. The van der Waals surface area contributed by atoms with Gasteiger partial charge in [0, 0.05) is 38.8 Å². The van der Waals surface area contributed by atoms with Gasteiger partial charge in [-0.3, -0.25) is 19.7 Å². The van der Waals surface area contributed by atoms with E-state index in [0.717, 1.165) is 36.6 Å². The number of carbonyl (C=O) groups excluding carboxylic acids is 1. The molecule has 0 aliphatic heterocycles. The zero-order valence-electron chi connectivity index (χ0n) is 21.8. The van der Waals surface area contributed by atoms with Crippen LogP contribution in [0.2, 0.25) is 5.02 Å². The largest absolute Gasteiger partial charge is 0.483 e. The molecule has 5 rings (SSSR count). The first-order chi connectivity index (χ1) is 19.8. The number of nitrogens with zero attached hydrogens (tertiary/aromatic N) is 4. The second kappa shape index (κ2) is 12.6. The Morgan fingerprint density at radius 2 is 1.90 bits per heavy atom. The third-order valence-corrected chi connectivity index (χ3v) is 7.55. The number of benzene rings is 3. The highest BCUT2D eigenvalue weighted by atomic mass is 79.9. The van der Waals surface area contributed by atoms with Gasteiger partial charge in [0.15, 0.2) is 6.61 Å². The van der Waals surface area contributed by atoms with Crippen LogP contribution in [0.1, 0.15) is 49.4 Å². The normalized spacial score (nSPS) is 13.9. The molecule has 0 atom stereocenters. The third kappa shape index (κ3) is 6.80. The molecule has 0 spiro atoms. The molecule has 0 saturated heterocycles. The zero-order valence-corrected chi connectivity index (χ0v) is 24.1. The number of nitro groups is 1. The van der Waals surface area contributed by atoms with Crippen LogP contribution >= 0.6 is 27.5 Å². The molecule has 0 unspecified atom stereocenters. The number of halogens is 2. The Hall–Kier alpha value is -4.09. The first-order valence-electron chi connectivity index (χ1n) is 13.0. The highest BCUT2D eigenvalue weighted by molar-refractivity contribution is 9.10. The summed E-state index contributed by atoms with van der Waals surface area (Å²) in [5.74, 6) is 0.359. The van der Waals surface area contributed by atoms with Gasteiger partial charge in [0.05, 0.1) is 22.0 Å². The van der Waals surface area contributed by atoms with Crippen molar-refractivity contribution in [2.45, 2.75) is 38.0 Å². The summed E-state index contributed by atoms with van der Waals surface area (Å²) >= 11 is 9.30. The molecule has 0 radical (unpaired) electrons. The van der Waals surface area contributed by atoms with Gasteiger partial charge < -0.3 is 10.1 Å². The number of carbonyl (C=O) groups is 1. The molecule has 10 nitrogen and oxygen atoms in total. The predicted octanol–water partition coefficient (Wildman–Crippen LogP) is 6.67. The molecule has 1 fully saturated rings. The molecule has 0 bridgehead atoms. The lowest BCUT2D eigenvalue weighted by Crippen LogP contribution is -2.25. The minimum absolute atomic E-state index is 0.0547. The van der Waals surface area contributed by atoms with Crippen molar-refractivity contribution >= 4 is 61.9 Å². The van der Waals surface area contributed by atoms with Crippen LogP contribution < -0.4 is 15.6 Å². The molecule has 1 aromatic heterocycles.